The smallest absolute Gasteiger partial charge is 0.379 e. The predicted molar refractivity (Wildman–Crippen MR) is 31.7 cm³/mol. The average Bonchev–Trinajstić information content (AvgIpc) is 1.91. The molecule has 0 aromatic rings. The molecule has 1 aliphatic rings. The number of rotatable bonds is 0. The molecule has 10 heavy (non-hydrogen) atoms. The first kappa shape index (κ1) is 9.42. The predicted octanol–water partition coefficient (Wildman–Crippen LogP) is 1.22. The van der Waals surface area contributed by atoms with Gasteiger partial charge < -0.3 is 5.21 Å². The summed E-state index contributed by atoms with van der Waals surface area (Å²) in [5, 5.41) is 7.89. The normalized spacial score (nSPS) is 17.0. The van der Waals surface area contributed by atoms with Gasteiger partial charge in [0, 0.05) is 11.0 Å². The van der Waals surface area contributed by atoms with Crippen LogP contribution in [-0.2, 0) is 13.6 Å². The highest BCUT2D eigenvalue weighted by Crippen LogP contribution is 2.27. The molecule has 0 aromatic carbocycles. The van der Waals surface area contributed by atoms with E-state index in [1.54, 1.807) is 0 Å². The maximum atomic E-state index is 10.2. The van der Waals surface area contributed by atoms with Crippen molar-refractivity contribution in [3.8, 4) is 0 Å². The molecule has 0 bridgehead atoms. The molecule has 0 amide bonds. The Morgan fingerprint density at radius 3 is 2.00 bits per heavy atom. The number of hydrogen-bond donors (Lipinski definition) is 1. The van der Waals surface area contributed by atoms with Gasteiger partial charge in [0.2, 0.25) is 0 Å². The van der Waals surface area contributed by atoms with Crippen LogP contribution in [0.4, 0.5) is 0 Å². The molecule has 6 nitrogen and oxygen atoms in total. The van der Waals surface area contributed by atoms with Gasteiger partial charge in [-0.2, -0.15) is 0 Å². The molecule has 0 atom stereocenters. The molecule has 1 fully saturated rings. The molecule has 0 radical (unpaired) electrons. The van der Waals surface area contributed by atoms with Gasteiger partial charge in [-0.05, 0) is 0 Å². The SMILES string of the molecule is O=NO.O=[P+]1OCCCO1. The first-order chi connectivity index (χ1) is 4.81. The fourth-order valence-electron chi connectivity index (χ4n) is 0.374. The Morgan fingerprint density at radius 2 is 1.80 bits per heavy atom. The molecule has 0 saturated carbocycles. The van der Waals surface area contributed by atoms with Crippen LogP contribution in [0.1, 0.15) is 6.42 Å². The molecule has 1 heterocycles. The third-order valence-electron chi connectivity index (χ3n) is 0.682. The van der Waals surface area contributed by atoms with Gasteiger partial charge in [-0.15, -0.1) is 14.0 Å². The van der Waals surface area contributed by atoms with Gasteiger partial charge in [-0.25, -0.2) is 0 Å². The summed E-state index contributed by atoms with van der Waals surface area (Å²) in [5.74, 6) is 0. The molecule has 1 aliphatic heterocycles. The Kier molecular flexibility index (Phi) is 6.16. The molecule has 0 aromatic heterocycles. The Morgan fingerprint density at radius 1 is 1.40 bits per heavy atom. The third-order valence-corrected chi connectivity index (χ3v) is 1.47. The Hall–Kier alpha value is -0.580. The van der Waals surface area contributed by atoms with Crippen LogP contribution in [0.5, 0.6) is 0 Å². The van der Waals surface area contributed by atoms with Crippen LogP contribution in [0.2, 0.25) is 0 Å². The first-order valence-electron chi connectivity index (χ1n) is 2.51. The molecule has 0 unspecified atom stereocenters. The molecular weight excluding hydrogens is 161 g/mol. The van der Waals surface area contributed by atoms with Gasteiger partial charge in [0.1, 0.15) is 13.2 Å². The van der Waals surface area contributed by atoms with E-state index in [-0.39, 0.29) is 0 Å². The largest absolute Gasteiger partial charge is 0.697 e. The van der Waals surface area contributed by atoms with Crippen molar-refractivity contribution >= 4 is 8.25 Å². The van der Waals surface area contributed by atoms with Crippen molar-refractivity contribution in [3.63, 3.8) is 0 Å². The van der Waals surface area contributed by atoms with Crippen LogP contribution in [0.3, 0.4) is 0 Å². The second kappa shape index (κ2) is 6.54. The summed E-state index contributed by atoms with van der Waals surface area (Å²) >= 11 is 0. The van der Waals surface area contributed by atoms with Crippen molar-refractivity contribution in [1.29, 1.82) is 0 Å². The van der Waals surface area contributed by atoms with E-state index in [1.807, 2.05) is 0 Å². The van der Waals surface area contributed by atoms with Gasteiger partial charge in [0.15, 0.2) is 5.34 Å². The lowest BCUT2D eigenvalue weighted by molar-refractivity contribution is 0.165. The van der Waals surface area contributed by atoms with Crippen molar-refractivity contribution in [2.24, 2.45) is 5.34 Å². The van der Waals surface area contributed by atoms with E-state index in [2.05, 4.69) is 9.05 Å². The van der Waals surface area contributed by atoms with Crippen LogP contribution in [0.25, 0.3) is 0 Å². The van der Waals surface area contributed by atoms with Crippen molar-refractivity contribution < 1.29 is 18.8 Å². The maximum absolute atomic E-state index is 10.2. The fraction of sp³-hybridized carbons (Fsp3) is 1.00. The lowest BCUT2D eigenvalue weighted by Gasteiger charge is -1.94. The quantitative estimate of drug-likeness (QED) is 0.334. The van der Waals surface area contributed by atoms with Crippen molar-refractivity contribution in [2.45, 2.75) is 6.42 Å². The second-order valence-corrected chi connectivity index (χ2v) is 2.29. The van der Waals surface area contributed by atoms with Crippen LogP contribution in [-0.4, -0.2) is 18.4 Å². The van der Waals surface area contributed by atoms with E-state index in [4.69, 9.17) is 10.1 Å². The third kappa shape index (κ3) is 5.55. The van der Waals surface area contributed by atoms with Gasteiger partial charge in [0.05, 0.1) is 0 Å². The van der Waals surface area contributed by atoms with Crippen LogP contribution >= 0.6 is 8.25 Å². The molecule has 1 rings (SSSR count). The summed E-state index contributed by atoms with van der Waals surface area (Å²) in [6.07, 6.45) is 0.862. The zero-order valence-corrected chi connectivity index (χ0v) is 5.99. The van der Waals surface area contributed by atoms with Crippen LogP contribution < -0.4 is 0 Å². The minimum Gasteiger partial charge on any atom is -0.379 e. The van der Waals surface area contributed by atoms with E-state index in [1.165, 1.54) is 5.34 Å². The molecule has 7 heteroatoms. The molecule has 58 valence electrons. The molecular formula is C3H7NO5P+. The van der Waals surface area contributed by atoms with E-state index >= 15 is 0 Å². The number of nitrogens with zero attached hydrogens (tertiary/aromatic N) is 1. The summed E-state index contributed by atoms with van der Waals surface area (Å²) in [5.41, 5.74) is 0. The molecule has 1 N–H and O–H groups in total. The fourth-order valence-corrected chi connectivity index (χ4v) is 1.01. The lowest BCUT2D eigenvalue weighted by Crippen LogP contribution is -2.00. The van der Waals surface area contributed by atoms with Crippen molar-refractivity contribution in [1.82, 2.24) is 0 Å². The topological polar surface area (TPSA) is 85.2 Å². The van der Waals surface area contributed by atoms with Gasteiger partial charge >= 0.3 is 8.25 Å². The maximum Gasteiger partial charge on any atom is 0.697 e. The van der Waals surface area contributed by atoms with Crippen molar-refractivity contribution in [2.75, 3.05) is 13.2 Å². The summed E-state index contributed by atoms with van der Waals surface area (Å²) in [6.45, 7) is 1.16. The highest BCUT2D eigenvalue weighted by molar-refractivity contribution is 7.33. The van der Waals surface area contributed by atoms with E-state index < -0.39 is 8.25 Å². The zero-order chi connectivity index (χ0) is 7.82. The standard InChI is InChI=1S/C3H6O3P.HNO2/c4-7-5-2-1-3-6-7;2-1-3/h1-3H2;(H,2,3)/q+1;. The summed E-state index contributed by atoms with van der Waals surface area (Å²) in [6, 6.07) is 0. The van der Waals surface area contributed by atoms with E-state index in [0.717, 1.165) is 6.42 Å². The zero-order valence-electron chi connectivity index (χ0n) is 5.10. The minimum absolute atomic E-state index is 0.579. The van der Waals surface area contributed by atoms with E-state index in [9.17, 15) is 4.57 Å². The number of hydrogen-bond acceptors (Lipinski definition) is 5. The summed E-state index contributed by atoms with van der Waals surface area (Å²) in [4.78, 5) is 8.11. The highest BCUT2D eigenvalue weighted by atomic mass is 31.1. The summed E-state index contributed by atoms with van der Waals surface area (Å²) < 4.78 is 19.3. The molecule has 0 aliphatic carbocycles. The van der Waals surface area contributed by atoms with E-state index in [0.29, 0.717) is 13.2 Å². The average molecular weight is 168 g/mol. The van der Waals surface area contributed by atoms with Crippen LogP contribution in [0.15, 0.2) is 5.34 Å². The molecule has 0 spiro atoms. The second-order valence-electron chi connectivity index (χ2n) is 1.33. The minimum atomic E-state index is -1.74. The van der Waals surface area contributed by atoms with Gasteiger partial charge in [-0.3, -0.25) is 0 Å². The summed E-state index contributed by atoms with van der Waals surface area (Å²) in [7, 11) is -1.74. The lowest BCUT2D eigenvalue weighted by atomic mass is 10.5. The Bertz CT molecular complexity index is 109. The first-order valence-corrected chi connectivity index (χ1v) is 3.60. The molecule has 1 saturated heterocycles. The van der Waals surface area contributed by atoms with Crippen LogP contribution in [0, 0.1) is 4.91 Å². The van der Waals surface area contributed by atoms with Gasteiger partial charge in [-0.1, -0.05) is 0 Å². The Labute approximate surface area is 58.0 Å². The van der Waals surface area contributed by atoms with Crippen molar-refractivity contribution in [3.05, 3.63) is 4.91 Å². The van der Waals surface area contributed by atoms with Gasteiger partial charge in [0.25, 0.3) is 0 Å². The monoisotopic (exact) mass is 168 g/mol. The Balaban J connectivity index is 0.000000236. The highest BCUT2D eigenvalue weighted by Gasteiger charge is 2.23.